The first kappa shape index (κ1) is 16.4. The molecule has 2 atom stereocenters. The van der Waals surface area contributed by atoms with Gasteiger partial charge in [-0.3, -0.25) is 0 Å². The Labute approximate surface area is 154 Å². The van der Waals surface area contributed by atoms with Crippen molar-refractivity contribution in [1.29, 1.82) is 0 Å². The molecule has 4 heterocycles. The molecule has 0 amide bonds. The van der Waals surface area contributed by atoms with Crippen LogP contribution in [0.2, 0.25) is 0 Å². The van der Waals surface area contributed by atoms with Crippen molar-refractivity contribution in [3.63, 3.8) is 0 Å². The van der Waals surface area contributed by atoms with E-state index in [2.05, 4.69) is 39.5 Å². The van der Waals surface area contributed by atoms with Crippen LogP contribution in [0.1, 0.15) is 55.6 Å². The third-order valence-corrected chi connectivity index (χ3v) is 5.98. The molecule has 6 heteroatoms. The fraction of sp³-hybridized carbons (Fsp3) is 0.650. The second kappa shape index (κ2) is 6.74. The molecule has 6 nitrogen and oxygen atoms in total. The molecule has 4 aliphatic rings. The van der Waals surface area contributed by atoms with Crippen molar-refractivity contribution in [2.45, 2.75) is 50.4 Å². The lowest BCUT2D eigenvalue weighted by molar-refractivity contribution is 0.306. The fourth-order valence-electron chi connectivity index (χ4n) is 4.05. The average Bonchev–Trinajstić information content (AvgIpc) is 3.57. The molecular weight excluding hydrogens is 328 g/mol. The third kappa shape index (κ3) is 3.53. The summed E-state index contributed by atoms with van der Waals surface area (Å²) in [4.78, 5) is 2.38. The molecule has 0 bridgehead atoms. The van der Waals surface area contributed by atoms with Crippen molar-refractivity contribution in [2.75, 3.05) is 26.2 Å². The number of hydrogen-bond donors (Lipinski definition) is 2. The van der Waals surface area contributed by atoms with Crippen LogP contribution in [0.15, 0.2) is 34.6 Å². The molecule has 1 aromatic rings. The number of piperidine rings is 1. The van der Waals surface area contributed by atoms with Crippen LogP contribution in [0.4, 0.5) is 0 Å². The van der Waals surface area contributed by atoms with Crippen LogP contribution in [-0.4, -0.2) is 42.5 Å². The van der Waals surface area contributed by atoms with Gasteiger partial charge in [0.15, 0.2) is 12.3 Å². The average molecular weight is 356 g/mol. The molecule has 0 aromatic carbocycles. The Morgan fingerprint density at radius 1 is 1.27 bits per heavy atom. The van der Waals surface area contributed by atoms with Gasteiger partial charge in [-0.1, -0.05) is 11.7 Å². The minimum absolute atomic E-state index is 0.00346. The van der Waals surface area contributed by atoms with Crippen LogP contribution in [0.25, 0.3) is 0 Å². The van der Waals surface area contributed by atoms with E-state index >= 15 is 0 Å². The van der Waals surface area contributed by atoms with Gasteiger partial charge in [-0.2, -0.15) is 0 Å². The second-order valence-electron chi connectivity index (χ2n) is 8.15. The van der Waals surface area contributed by atoms with Crippen molar-refractivity contribution in [2.24, 2.45) is 5.92 Å². The van der Waals surface area contributed by atoms with Crippen molar-refractivity contribution >= 4 is 0 Å². The van der Waals surface area contributed by atoms with Gasteiger partial charge in [0.25, 0.3) is 0 Å². The second-order valence-corrected chi connectivity index (χ2v) is 8.15. The highest BCUT2D eigenvalue weighted by Crippen LogP contribution is 2.43. The van der Waals surface area contributed by atoms with Crippen LogP contribution < -0.4 is 10.6 Å². The van der Waals surface area contributed by atoms with Crippen LogP contribution in [0.3, 0.4) is 0 Å². The summed E-state index contributed by atoms with van der Waals surface area (Å²) in [6.07, 6.45) is 8.53. The molecule has 2 saturated heterocycles. The number of aromatic nitrogens is 1. The number of rotatable bonds is 7. The molecular formula is C20H28N4O2. The van der Waals surface area contributed by atoms with Crippen LogP contribution in [0.5, 0.6) is 0 Å². The van der Waals surface area contributed by atoms with Gasteiger partial charge in [0, 0.05) is 31.3 Å². The maximum Gasteiger partial charge on any atom is 0.161 e. The number of ether oxygens (including phenoxy) is 1. The molecule has 26 heavy (non-hydrogen) atoms. The minimum Gasteiger partial charge on any atom is -0.371 e. The summed E-state index contributed by atoms with van der Waals surface area (Å²) in [6, 6.07) is 2.06. The van der Waals surface area contributed by atoms with Crippen LogP contribution in [-0.2, 0) is 4.74 Å². The Hall–Kier alpha value is -1.79. The van der Waals surface area contributed by atoms with Gasteiger partial charge in [0.05, 0.1) is 5.70 Å². The number of epoxide rings is 1. The van der Waals surface area contributed by atoms with E-state index in [4.69, 9.17) is 9.26 Å². The lowest BCUT2D eigenvalue weighted by atomic mass is 9.94. The number of hydrogen-bond acceptors (Lipinski definition) is 6. The van der Waals surface area contributed by atoms with Gasteiger partial charge >= 0.3 is 0 Å². The van der Waals surface area contributed by atoms with E-state index in [1.165, 1.54) is 45.2 Å². The highest BCUT2D eigenvalue weighted by Gasteiger charge is 2.44. The summed E-state index contributed by atoms with van der Waals surface area (Å²) in [6.45, 7) is 8.59. The van der Waals surface area contributed by atoms with Crippen molar-refractivity contribution in [3.05, 3.63) is 41.6 Å². The summed E-state index contributed by atoms with van der Waals surface area (Å²) < 4.78 is 11.2. The normalized spacial score (nSPS) is 29.2. The molecule has 140 valence electrons. The standard InChI is InChI=1S/C20H28N4O2/c1-13-11-24(9-6-14-4-7-21-8-5-14)12-17(13)22-20-19(25-20)16-10-18(26-23-16)15-2-3-15/h10,12,14-15,19-22H,1-9,11H2. The first-order valence-corrected chi connectivity index (χ1v) is 9.99. The van der Waals surface area contributed by atoms with E-state index in [9.17, 15) is 0 Å². The molecule has 1 aliphatic carbocycles. The van der Waals surface area contributed by atoms with Crippen LogP contribution in [0, 0.1) is 5.92 Å². The van der Waals surface area contributed by atoms with Gasteiger partial charge in [-0.25, -0.2) is 0 Å². The zero-order chi connectivity index (χ0) is 17.5. The van der Waals surface area contributed by atoms with E-state index < -0.39 is 0 Å². The predicted molar refractivity (Wildman–Crippen MR) is 98.2 cm³/mol. The summed E-state index contributed by atoms with van der Waals surface area (Å²) in [7, 11) is 0. The molecule has 0 radical (unpaired) electrons. The molecule has 3 fully saturated rings. The van der Waals surface area contributed by atoms with Crippen molar-refractivity contribution in [3.8, 4) is 0 Å². The zero-order valence-electron chi connectivity index (χ0n) is 15.2. The Morgan fingerprint density at radius 2 is 2.12 bits per heavy atom. The smallest absolute Gasteiger partial charge is 0.161 e. The number of nitrogens with zero attached hydrogens (tertiary/aromatic N) is 2. The Balaban J connectivity index is 1.12. The van der Waals surface area contributed by atoms with Gasteiger partial charge in [-0.15, -0.1) is 0 Å². The first-order chi connectivity index (χ1) is 12.8. The molecule has 2 N–H and O–H groups in total. The lowest BCUT2D eigenvalue weighted by Gasteiger charge is -2.24. The van der Waals surface area contributed by atoms with Gasteiger partial charge in [-0.05, 0) is 56.7 Å². The monoisotopic (exact) mass is 356 g/mol. The molecule has 3 aliphatic heterocycles. The van der Waals surface area contributed by atoms with E-state index in [1.54, 1.807) is 0 Å². The number of nitrogens with one attached hydrogen (secondary N) is 2. The fourth-order valence-corrected chi connectivity index (χ4v) is 4.05. The molecule has 0 spiro atoms. The van der Waals surface area contributed by atoms with Gasteiger partial charge in [0.1, 0.15) is 11.5 Å². The minimum atomic E-state index is -0.0143. The largest absolute Gasteiger partial charge is 0.371 e. The first-order valence-electron chi connectivity index (χ1n) is 9.99. The third-order valence-electron chi connectivity index (χ3n) is 5.98. The van der Waals surface area contributed by atoms with E-state index in [0.717, 1.165) is 41.7 Å². The molecule has 5 rings (SSSR count). The van der Waals surface area contributed by atoms with Crippen molar-refractivity contribution < 1.29 is 9.26 Å². The van der Waals surface area contributed by atoms with Gasteiger partial charge in [0.2, 0.25) is 0 Å². The van der Waals surface area contributed by atoms with E-state index in [-0.39, 0.29) is 12.3 Å². The Bertz CT molecular complexity index is 702. The quantitative estimate of drug-likeness (QED) is 0.732. The summed E-state index contributed by atoms with van der Waals surface area (Å²) in [5, 5.41) is 11.1. The van der Waals surface area contributed by atoms with Crippen molar-refractivity contribution in [1.82, 2.24) is 20.7 Å². The highest BCUT2D eigenvalue weighted by molar-refractivity contribution is 5.34. The van der Waals surface area contributed by atoms with Gasteiger partial charge < -0.3 is 24.8 Å². The summed E-state index contributed by atoms with van der Waals surface area (Å²) >= 11 is 0. The molecule has 1 saturated carbocycles. The maximum atomic E-state index is 5.78. The lowest BCUT2D eigenvalue weighted by Crippen LogP contribution is -2.29. The maximum absolute atomic E-state index is 5.78. The Kier molecular flexibility index (Phi) is 4.25. The predicted octanol–water partition coefficient (Wildman–Crippen LogP) is 2.64. The SMILES string of the molecule is C=C1CN(CCC2CCNCC2)C=C1NC1OC1c1cc(C2CC2)on1. The molecule has 1 aromatic heterocycles. The highest BCUT2D eigenvalue weighted by atomic mass is 16.6. The Morgan fingerprint density at radius 3 is 2.92 bits per heavy atom. The van der Waals surface area contributed by atoms with Crippen LogP contribution >= 0.6 is 0 Å². The zero-order valence-corrected chi connectivity index (χ0v) is 15.2. The van der Waals surface area contributed by atoms with E-state index in [0.29, 0.717) is 5.92 Å². The van der Waals surface area contributed by atoms with E-state index in [1.807, 2.05) is 0 Å². The summed E-state index contributed by atoms with van der Waals surface area (Å²) in [5.74, 6) is 2.47. The molecule has 2 unspecified atom stereocenters. The topological polar surface area (TPSA) is 65.9 Å². The summed E-state index contributed by atoms with van der Waals surface area (Å²) in [5.41, 5.74) is 3.16.